The van der Waals surface area contributed by atoms with Gasteiger partial charge in [-0.1, -0.05) is 28.1 Å². The molecule has 0 aromatic heterocycles. The fraction of sp³-hybridized carbons (Fsp3) is 0.308. The lowest BCUT2D eigenvalue weighted by molar-refractivity contribution is -0.130. The first-order valence-electron chi connectivity index (χ1n) is 5.21. The van der Waals surface area contributed by atoms with E-state index in [-0.39, 0.29) is 23.8 Å². The number of carbonyl (C=O) groups is 3. The highest BCUT2D eigenvalue weighted by Crippen LogP contribution is 2.15. The van der Waals surface area contributed by atoms with Crippen molar-refractivity contribution < 1.29 is 14.4 Å². The van der Waals surface area contributed by atoms with Crippen molar-refractivity contribution in [2.45, 2.75) is 20.3 Å². The van der Waals surface area contributed by atoms with E-state index in [0.717, 1.165) is 4.47 Å². The molecule has 90 valence electrons. The number of halogens is 1. The number of carbonyl (C=O) groups excluding carboxylic acids is 3. The minimum absolute atomic E-state index is 0.0493. The van der Waals surface area contributed by atoms with Gasteiger partial charge in [0, 0.05) is 16.5 Å². The monoisotopic (exact) mass is 296 g/mol. The Balaban J connectivity index is 2.81. The van der Waals surface area contributed by atoms with E-state index in [2.05, 4.69) is 15.9 Å². The van der Waals surface area contributed by atoms with E-state index >= 15 is 0 Å². The topological polar surface area (TPSA) is 51.2 Å². The van der Waals surface area contributed by atoms with E-state index in [1.54, 1.807) is 24.3 Å². The summed E-state index contributed by atoms with van der Waals surface area (Å²) in [5.41, 5.74) is 0.515. The molecule has 0 fully saturated rings. The van der Waals surface area contributed by atoms with Crippen LogP contribution in [0.3, 0.4) is 0 Å². The van der Waals surface area contributed by atoms with E-state index in [4.69, 9.17) is 0 Å². The fourth-order valence-electron chi connectivity index (χ4n) is 1.51. The summed E-state index contributed by atoms with van der Waals surface area (Å²) in [7, 11) is 0. The molecule has 0 radical (unpaired) electrons. The lowest BCUT2D eigenvalue weighted by Crippen LogP contribution is -2.22. The molecular weight excluding hydrogens is 284 g/mol. The van der Waals surface area contributed by atoms with E-state index < -0.39 is 5.92 Å². The molecule has 0 aliphatic carbocycles. The molecule has 0 saturated carbocycles. The average molecular weight is 297 g/mol. The van der Waals surface area contributed by atoms with Crippen molar-refractivity contribution in [3.8, 4) is 0 Å². The maximum Gasteiger partial charge on any atom is 0.164 e. The van der Waals surface area contributed by atoms with Gasteiger partial charge in [0.15, 0.2) is 5.78 Å². The smallest absolute Gasteiger partial charge is 0.164 e. The van der Waals surface area contributed by atoms with Crippen LogP contribution >= 0.6 is 15.9 Å². The molecule has 0 N–H and O–H groups in total. The highest BCUT2D eigenvalue weighted by molar-refractivity contribution is 9.10. The van der Waals surface area contributed by atoms with Gasteiger partial charge < -0.3 is 0 Å². The van der Waals surface area contributed by atoms with Gasteiger partial charge in [0.2, 0.25) is 0 Å². The zero-order valence-electron chi connectivity index (χ0n) is 9.70. The Labute approximate surface area is 108 Å². The summed E-state index contributed by atoms with van der Waals surface area (Å²) in [5.74, 6) is -1.52. The largest absolute Gasteiger partial charge is 0.299 e. The fourth-order valence-corrected chi connectivity index (χ4v) is 1.78. The highest BCUT2D eigenvalue weighted by Gasteiger charge is 2.23. The number of hydrogen-bond acceptors (Lipinski definition) is 3. The first-order valence-corrected chi connectivity index (χ1v) is 6.00. The summed E-state index contributed by atoms with van der Waals surface area (Å²) in [5, 5.41) is 0. The van der Waals surface area contributed by atoms with Gasteiger partial charge in [-0.25, -0.2) is 0 Å². The summed E-state index contributed by atoms with van der Waals surface area (Å²) < 4.78 is 0.878. The second kappa shape index (κ2) is 5.87. The third-order valence-electron chi connectivity index (χ3n) is 2.54. The van der Waals surface area contributed by atoms with Gasteiger partial charge in [0.05, 0.1) is 5.92 Å². The Morgan fingerprint density at radius 1 is 1.06 bits per heavy atom. The SMILES string of the molecule is CC(=O)C(CC(=O)c1ccc(Br)cc1)C(C)=O. The molecule has 0 atom stereocenters. The molecule has 0 amide bonds. The molecule has 1 aromatic carbocycles. The second-order valence-corrected chi connectivity index (χ2v) is 4.82. The number of Topliss-reactive ketones (excluding diaryl/α,β-unsaturated/α-hetero) is 3. The summed E-state index contributed by atoms with van der Waals surface area (Å²) >= 11 is 3.27. The van der Waals surface area contributed by atoms with Crippen LogP contribution in [0, 0.1) is 5.92 Å². The Bertz CT molecular complexity index is 434. The maximum absolute atomic E-state index is 11.9. The van der Waals surface area contributed by atoms with Crippen molar-refractivity contribution in [1.82, 2.24) is 0 Å². The van der Waals surface area contributed by atoms with Crippen LogP contribution < -0.4 is 0 Å². The minimum Gasteiger partial charge on any atom is -0.299 e. The van der Waals surface area contributed by atoms with Crippen molar-refractivity contribution in [3.63, 3.8) is 0 Å². The molecule has 1 rings (SSSR count). The number of hydrogen-bond donors (Lipinski definition) is 0. The van der Waals surface area contributed by atoms with Crippen molar-refractivity contribution in [2.24, 2.45) is 5.92 Å². The van der Waals surface area contributed by atoms with Crippen LogP contribution in [0.4, 0.5) is 0 Å². The zero-order chi connectivity index (χ0) is 13.0. The summed E-state index contributed by atoms with van der Waals surface area (Å²) in [4.78, 5) is 34.3. The predicted molar refractivity (Wildman–Crippen MR) is 67.9 cm³/mol. The van der Waals surface area contributed by atoms with Crippen molar-refractivity contribution in [2.75, 3.05) is 0 Å². The van der Waals surface area contributed by atoms with Crippen LogP contribution in [-0.2, 0) is 9.59 Å². The molecule has 0 bridgehead atoms. The van der Waals surface area contributed by atoms with Crippen LogP contribution in [0.2, 0.25) is 0 Å². The molecule has 3 nitrogen and oxygen atoms in total. The lowest BCUT2D eigenvalue weighted by Gasteiger charge is -2.09. The standard InChI is InChI=1S/C13H13BrO3/c1-8(15)12(9(2)16)7-13(17)10-3-5-11(14)6-4-10/h3-6,12H,7H2,1-2H3. The molecule has 0 aliphatic heterocycles. The van der Waals surface area contributed by atoms with E-state index in [9.17, 15) is 14.4 Å². The quantitative estimate of drug-likeness (QED) is 0.620. The summed E-state index contributed by atoms with van der Waals surface area (Å²) in [6, 6.07) is 6.85. The molecule has 0 aliphatic rings. The normalized spacial score (nSPS) is 10.4. The average Bonchev–Trinajstić information content (AvgIpc) is 2.25. The highest BCUT2D eigenvalue weighted by atomic mass is 79.9. The van der Waals surface area contributed by atoms with Gasteiger partial charge in [-0.3, -0.25) is 14.4 Å². The molecule has 0 spiro atoms. The predicted octanol–water partition coefficient (Wildman–Crippen LogP) is 2.82. The van der Waals surface area contributed by atoms with Crippen LogP contribution in [0.25, 0.3) is 0 Å². The van der Waals surface area contributed by atoms with E-state index in [1.165, 1.54) is 13.8 Å². The van der Waals surface area contributed by atoms with Crippen LogP contribution in [0.5, 0.6) is 0 Å². The van der Waals surface area contributed by atoms with Gasteiger partial charge in [0.25, 0.3) is 0 Å². The van der Waals surface area contributed by atoms with Crippen LogP contribution in [0.15, 0.2) is 28.7 Å². The first-order chi connectivity index (χ1) is 7.91. The van der Waals surface area contributed by atoms with Gasteiger partial charge >= 0.3 is 0 Å². The summed E-state index contributed by atoms with van der Waals surface area (Å²) in [6.45, 7) is 2.67. The molecular formula is C13H13BrO3. The van der Waals surface area contributed by atoms with Gasteiger partial charge in [-0.2, -0.15) is 0 Å². The third-order valence-corrected chi connectivity index (χ3v) is 3.07. The minimum atomic E-state index is -0.814. The molecule has 0 unspecified atom stereocenters. The van der Waals surface area contributed by atoms with Gasteiger partial charge in [-0.15, -0.1) is 0 Å². The Kier molecular flexibility index (Phi) is 4.75. The molecule has 0 heterocycles. The lowest BCUT2D eigenvalue weighted by atomic mass is 9.92. The van der Waals surface area contributed by atoms with E-state index in [0.29, 0.717) is 5.56 Å². The number of rotatable bonds is 5. The second-order valence-electron chi connectivity index (χ2n) is 3.91. The summed E-state index contributed by atoms with van der Waals surface area (Å²) in [6.07, 6.45) is -0.0493. The number of benzene rings is 1. The van der Waals surface area contributed by atoms with Crippen LogP contribution in [0.1, 0.15) is 30.6 Å². The Morgan fingerprint density at radius 3 is 1.94 bits per heavy atom. The van der Waals surface area contributed by atoms with Crippen molar-refractivity contribution >= 4 is 33.3 Å². The molecule has 1 aromatic rings. The molecule has 0 saturated heterocycles. The van der Waals surface area contributed by atoms with Gasteiger partial charge in [-0.05, 0) is 26.0 Å². The third kappa shape index (κ3) is 3.89. The molecule has 4 heteroatoms. The Morgan fingerprint density at radius 2 is 1.53 bits per heavy atom. The number of ketones is 3. The van der Waals surface area contributed by atoms with Crippen molar-refractivity contribution in [3.05, 3.63) is 34.3 Å². The zero-order valence-corrected chi connectivity index (χ0v) is 11.3. The Hall–Kier alpha value is -1.29. The van der Waals surface area contributed by atoms with Crippen molar-refractivity contribution in [1.29, 1.82) is 0 Å². The first kappa shape index (κ1) is 13.8. The van der Waals surface area contributed by atoms with E-state index in [1.807, 2.05) is 0 Å². The van der Waals surface area contributed by atoms with Crippen LogP contribution in [-0.4, -0.2) is 17.3 Å². The molecule has 17 heavy (non-hydrogen) atoms. The maximum atomic E-state index is 11.9. The van der Waals surface area contributed by atoms with Gasteiger partial charge in [0.1, 0.15) is 11.6 Å².